The molecule has 1 fully saturated rings. The van der Waals surface area contributed by atoms with Gasteiger partial charge in [0, 0.05) is 12.1 Å². The third-order valence-corrected chi connectivity index (χ3v) is 3.29. The van der Waals surface area contributed by atoms with E-state index < -0.39 is 5.54 Å². The van der Waals surface area contributed by atoms with Crippen LogP contribution in [0.15, 0.2) is 0 Å². The van der Waals surface area contributed by atoms with Gasteiger partial charge in [-0.15, -0.1) is 0 Å². The molecule has 0 heterocycles. The van der Waals surface area contributed by atoms with Gasteiger partial charge in [-0.05, 0) is 46.1 Å². The third kappa shape index (κ3) is 3.76. The number of carbonyl (C=O) groups is 1. The Morgan fingerprint density at radius 1 is 1.31 bits per heavy atom. The Morgan fingerprint density at radius 3 is 2.38 bits per heavy atom. The Bertz CT molecular complexity index is 232. The quantitative estimate of drug-likeness (QED) is 0.664. The van der Waals surface area contributed by atoms with Gasteiger partial charge in [0.2, 0.25) is 5.91 Å². The van der Waals surface area contributed by atoms with Crippen LogP contribution in [0.5, 0.6) is 0 Å². The van der Waals surface area contributed by atoms with Gasteiger partial charge in [0.05, 0.1) is 5.54 Å². The van der Waals surface area contributed by atoms with Crippen LogP contribution in [0.3, 0.4) is 0 Å². The second-order valence-corrected chi connectivity index (χ2v) is 5.24. The van der Waals surface area contributed by atoms with E-state index in [2.05, 4.69) is 10.6 Å². The van der Waals surface area contributed by atoms with Crippen molar-refractivity contribution in [1.82, 2.24) is 10.6 Å². The van der Waals surface area contributed by atoms with E-state index in [1.54, 1.807) is 0 Å². The molecule has 4 nitrogen and oxygen atoms in total. The monoisotopic (exact) mass is 227 g/mol. The van der Waals surface area contributed by atoms with Gasteiger partial charge in [-0.2, -0.15) is 0 Å². The maximum Gasteiger partial charge on any atom is 0.239 e. The predicted molar refractivity (Wildman–Crippen MR) is 66.1 cm³/mol. The number of likely N-dealkylation sites (N-methyl/N-ethyl adjacent to an activating group) is 1. The molecule has 0 bridgehead atoms. The number of amides is 1. The second-order valence-electron chi connectivity index (χ2n) is 5.24. The molecule has 0 spiro atoms. The minimum atomic E-state index is -0.478. The molecule has 16 heavy (non-hydrogen) atoms. The van der Waals surface area contributed by atoms with E-state index in [-0.39, 0.29) is 5.91 Å². The van der Waals surface area contributed by atoms with Crippen molar-refractivity contribution < 1.29 is 4.79 Å². The normalized spacial score (nSPS) is 26.5. The van der Waals surface area contributed by atoms with Crippen molar-refractivity contribution in [1.29, 1.82) is 0 Å². The number of nitrogens with two attached hydrogens (primary N) is 1. The van der Waals surface area contributed by atoms with E-state index in [0.29, 0.717) is 12.1 Å². The fraction of sp³-hybridized carbons (Fsp3) is 0.917. The van der Waals surface area contributed by atoms with Crippen LogP contribution < -0.4 is 16.4 Å². The van der Waals surface area contributed by atoms with Crippen LogP contribution in [0.2, 0.25) is 0 Å². The Kier molecular flexibility index (Phi) is 4.74. The molecule has 0 aromatic carbocycles. The highest BCUT2D eigenvalue weighted by Crippen LogP contribution is 2.17. The minimum absolute atomic E-state index is 0.0924. The largest absolute Gasteiger partial charge is 0.352 e. The topological polar surface area (TPSA) is 67.2 Å². The zero-order valence-corrected chi connectivity index (χ0v) is 10.7. The smallest absolute Gasteiger partial charge is 0.239 e. The molecule has 4 N–H and O–H groups in total. The molecule has 0 aromatic heterocycles. The van der Waals surface area contributed by atoms with Gasteiger partial charge in [0.1, 0.15) is 0 Å². The van der Waals surface area contributed by atoms with E-state index in [1.165, 1.54) is 0 Å². The second kappa shape index (κ2) is 5.64. The van der Waals surface area contributed by atoms with E-state index >= 15 is 0 Å². The summed E-state index contributed by atoms with van der Waals surface area (Å²) in [6.45, 7) is 6.64. The lowest BCUT2D eigenvalue weighted by Gasteiger charge is -2.31. The fourth-order valence-electron chi connectivity index (χ4n) is 2.15. The molecule has 94 valence electrons. The van der Waals surface area contributed by atoms with Crippen molar-refractivity contribution in [2.75, 3.05) is 6.54 Å². The molecule has 0 unspecified atom stereocenters. The molecule has 1 rings (SSSR count). The van der Waals surface area contributed by atoms with Crippen molar-refractivity contribution >= 4 is 5.91 Å². The summed E-state index contributed by atoms with van der Waals surface area (Å²) in [6.07, 6.45) is 4.06. The van der Waals surface area contributed by atoms with Gasteiger partial charge >= 0.3 is 0 Å². The Labute approximate surface area is 98.3 Å². The summed E-state index contributed by atoms with van der Waals surface area (Å²) >= 11 is 0. The zero-order chi connectivity index (χ0) is 12.2. The zero-order valence-electron chi connectivity index (χ0n) is 10.7. The number of hydrogen-bond donors (Lipinski definition) is 3. The van der Waals surface area contributed by atoms with Gasteiger partial charge in [0.15, 0.2) is 0 Å². The summed E-state index contributed by atoms with van der Waals surface area (Å²) in [4.78, 5) is 12.0. The lowest BCUT2D eigenvalue weighted by Crippen LogP contribution is -2.55. The maximum atomic E-state index is 12.0. The molecule has 1 saturated carbocycles. The SMILES string of the molecule is CCNC(C)(C)C(=O)NC1CCC(N)CC1. The van der Waals surface area contributed by atoms with Gasteiger partial charge in [0.25, 0.3) is 0 Å². The first-order valence-electron chi connectivity index (χ1n) is 6.27. The number of carbonyl (C=O) groups excluding carboxylic acids is 1. The van der Waals surface area contributed by atoms with E-state index in [4.69, 9.17) is 5.73 Å². The summed E-state index contributed by atoms with van der Waals surface area (Å²) in [5, 5.41) is 6.29. The summed E-state index contributed by atoms with van der Waals surface area (Å²) in [5.74, 6) is 0.0924. The lowest BCUT2D eigenvalue weighted by atomic mass is 9.91. The predicted octanol–water partition coefficient (Wildman–Crippen LogP) is 0.761. The first-order valence-corrected chi connectivity index (χ1v) is 6.27. The highest BCUT2D eigenvalue weighted by molar-refractivity contribution is 5.85. The highest BCUT2D eigenvalue weighted by Gasteiger charge is 2.29. The molecular formula is C12H25N3O. The van der Waals surface area contributed by atoms with Crippen LogP contribution >= 0.6 is 0 Å². The summed E-state index contributed by atoms with van der Waals surface area (Å²) in [7, 11) is 0. The van der Waals surface area contributed by atoms with Crippen molar-refractivity contribution in [3.8, 4) is 0 Å². The van der Waals surface area contributed by atoms with Crippen LogP contribution in [0.25, 0.3) is 0 Å². The molecule has 1 amide bonds. The molecule has 1 aliphatic rings. The molecular weight excluding hydrogens is 202 g/mol. The number of rotatable bonds is 4. The van der Waals surface area contributed by atoms with Crippen LogP contribution in [-0.2, 0) is 4.79 Å². The Balaban J connectivity index is 2.39. The standard InChI is InChI=1S/C12H25N3O/c1-4-14-12(2,3)11(16)15-10-7-5-9(13)6-8-10/h9-10,14H,4-8,13H2,1-3H3,(H,15,16). The van der Waals surface area contributed by atoms with Crippen LogP contribution in [0.1, 0.15) is 46.5 Å². The van der Waals surface area contributed by atoms with Gasteiger partial charge in [-0.1, -0.05) is 6.92 Å². The summed E-state index contributed by atoms with van der Waals surface area (Å²) in [5.41, 5.74) is 5.36. The van der Waals surface area contributed by atoms with E-state index in [1.807, 2.05) is 20.8 Å². The number of nitrogens with one attached hydrogen (secondary N) is 2. The molecule has 0 atom stereocenters. The average Bonchev–Trinajstić information content (AvgIpc) is 2.21. The van der Waals surface area contributed by atoms with Crippen molar-refractivity contribution in [3.63, 3.8) is 0 Å². The Morgan fingerprint density at radius 2 is 1.88 bits per heavy atom. The van der Waals surface area contributed by atoms with Crippen molar-refractivity contribution in [2.45, 2.75) is 64.1 Å². The molecule has 0 saturated heterocycles. The van der Waals surface area contributed by atoms with Crippen molar-refractivity contribution in [3.05, 3.63) is 0 Å². The first kappa shape index (κ1) is 13.5. The molecule has 0 aromatic rings. The van der Waals surface area contributed by atoms with Crippen LogP contribution in [0, 0.1) is 0 Å². The van der Waals surface area contributed by atoms with Crippen LogP contribution in [0.4, 0.5) is 0 Å². The van der Waals surface area contributed by atoms with Crippen LogP contribution in [-0.4, -0.2) is 30.1 Å². The van der Waals surface area contributed by atoms with Gasteiger partial charge in [-0.3, -0.25) is 4.79 Å². The number of hydrogen-bond acceptors (Lipinski definition) is 3. The van der Waals surface area contributed by atoms with Gasteiger partial charge in [-0.25, -0.2) is 0 Å². The lowest BCUT2D eigenvalue weighted by molar-refractivity contribution is -0.127. The third-order valence-electron chi connectivity index (χ3n) is 3.29. The highest BCUT2D eigenvalue weighted by atomic mass is 16.2. The van der Waals surface area contributed by atoms with Crippen molar-refractivity contribution in [2.24, 2.45) is 5.73 Å². The minimum Gasteiger partial charge on any atom is -0.352 e. The summed E-state index contributed by atoms with van der Waals surface area (Å²) < 4.78 is 0. The maximum absolute atomic E-state index is 12.0. The fourth-order valence-corrected chi connectivity index (χ4v) is 2.15. The Hall–Kier alpha value is -0.610. The molecule has 1 aliphatic carbocycles. The van der Waals surface area contributed by atoms with Gasteiger partial charge < -0.3 is 16.4 Å². The van der Waals surface area contributed by atoms with E-state index in [9.17, 15) is 4.79 Å². The first-order chi connectivity index (χ1) is 7.45. The summed E-state index contributed by atoms with van der Waals surface area (Å²) in [6, 6.07) is 0.639. The van der Waals surface area contributed by atoms with E-state index in [0.717, 1.165) is 32.2 Å². The molecule has 0 radical (unpaired) electrons. The molecule has 0 aliphatic heterocycles. The molecule has 4 heteroatoms. The average molecular weight is 227 g/mol.